The average molecular weight is 542 g/mol. The van der Waals surface area contributed by atoms with Crippen LogP contribution in [0, 0.1) is 13.8 Å². The summed E-state index contributed by atoms with van der Waals surface area (Å²) in [5, 5.41) is 5.46. The lowest BCUT2D eigenvalue weighted by Gasteiger charge is -2.13. The zero-order chi connectivity index (χ0) is 26.3. The van der Waals surface area contributed by atoms with Crippen molar-refractivity contribution in [3.05, 3.63) is 105 Å². The Bertz CT molecular complexity index is 1600. The largest absolute Gasteiger partial charge is 0.489 e. The van der Waals surface area contributed by atoms with Crippen molar-refractivity contribution in [2.24, 2.45) is 0 Å². The molecule has 0 radical (unpaired) electrons. The van der Waals surface area contributed by atoms with Gasteiger partial charge in [-0.05, 0) is 79.6 Å². The number of nitrogens with zero attached hydrogens (tertiary/aromatic N) is 3. The summed E-state index contributed by atoms with van der Waals surface area (Å²) in [6, 6.07) is 20.3. The van der Waals surface area contributed by atoms with Crippen LogP contribution in [-0.4, -0.2) is 14.8 Å². The summed E-state index contributed by atoms with van der Waals surface area (Å²) in [4.78, 5) is 4.60. The van der Waals surface area contributed by atoms with Gasteiger partial charge in [0.25, 0.3) is 0 Å². The van der Waals surface area contributed by atoms with Crippen LogP contribution < -0.4 is 4.74 Å². The van der Waals surface area contributed by atoms with E-state index in [9.17, 15) is 13.2 Å². The van der Waals surface area contributed by atoms with E-state index in [0.29, 0.717) is 33.7 Å². The van der Waals surface area contributed by atoms with Gasteiger partial charge in [-0.3, -0.25) is 0 Å². The van der Waals surface area contributed by atoms with Gasteiger partial charge < -0.3 is 4.74 Å². The summed E-state index contributed by atoms with van der Waals surface area (Å²) in [6.07, 6.45) is -4.60. The van der Waals surface area contributed by atoms with Gasteiger partial charge in [0.1, 0.15) is 12.4 Å². The van der Waals surface area contributed by atoms with Gasteiger partial charge in [0, 0.05) is 15.6 Å². The highest BCUT2D eigenvalue weighted by atomic mass is 35.5. The maximum Gasteiger partial charge on any atom is 0.417 e. The topological polar surface area (TPSA) is 39.9 Å². The van der Waals surface area contributed by atoms with Crippen LogP contribution in [-0.2, 0) is 12.8 Å². The third-order valence-corrected chi connectivity index (χ3v) is 6.65. The van der Waals surface area contributed by atoms with Gasteiger partial charge in [-0.15, -0.1) is 0 Å². The highest BCUT2D eigenvalue weighted by Gasteiger charge is 2.36. The summed E-state index contributed by atoms with van der Waals surface area (Å²) in [7, 11) is 0. The van der Waals surface area contributed by atoms with E-state index in [1.54, 1.807) is 54.6 Å². The van der Waals surface area contributed by atoms with Crippen LogP contribution in [0.25, 0.3) is 28.0 Å². The molecule has 9 heteroatoms. The molecule has 4 nitrogen and oxygen atoms in total. The molecule has 0 bridgehead atoms. The molecule has 0 saturated heterocycles. The third kappa shape index (κ3) is 5.15. The minimum absolute atomic E-state index is 0.0455. The fourth-order valence-electron chi connectivity index (χ4n) is 4.02. The van der Waals surface area contributed by atoms with Crippen molar-refractivity contribution in [1.82, 2.24) is 14.8 Å². The summed E-state index contributed by atoms with van der Waals surface area (Å²) in [6.45, 7) is 3.72. The maximum atomic E-state index is 14.2. The van der Waals surface area contributed by atoms with E-state index in [-0.39, 0.29) is 22.4 Å². The maximum absolute atomic E-state index is 14.2. The Kier molecular flexibility index (Phi) is 6.60. The zero-order valence-electron chi connectivity index (χ0n) is 19.8. The molecular weight excluding hydrogens is 522 g/mol. The van der Waals surface area contributed by atoms with Crippen molar-refractivity contribution in [3.8, 4) is 22.7 Å². The van der Waals surface area contributed by atoms with Crippen LogP contribution in [0.15, 0.2) is 72.8 Å². The molecule has 5 rings (SSSR count). The first-order chi connectivity index (χ1) is 17.6. The monoisotopic (exact) mass is 541 g/mol. The number of aromatic nitrogens is 3. The Morgan fingerprint density at radius 2 is 1.59 bits per heavy atom. The number of halogens is 5. The number of benzene rings is 3. The van der Waals surface area contributed by atoms with Gasteiger partial charge in [0.05, 0.1) is 28.0 Å². The van der Waals surface area contributed by atoms with E-state index in [1.807, 2.05) is 19.1 Å². The van der Waals surface area contributed by atoms with Gasteiger partial charge in [-0.2, -0.15) is 18.3 Å². The van der Waals surface area contributed by atoms with Gasteiger partial charge in [0.15, 0.2) is 5.65 Å². The number of rotatable bonds is 5. The molecule has 0 aliphatic heterocycles. The SMILES string of the molecule is Cc1ccc(-n2nc(C)c3c(C(F)(F)F)cc(-c4ccc(OCc5ccc(Cl)cc5)cc4)nc32)cc1Cl. The minimum atomic E-state index is -4.60. The molecule has 0 aliphatic carbocycles. The number of fused-ring (bicyclic) bond motifs is 1. The normalized spacial score (nSPS) is 11.8. The van der Waals surface area contributed by atoms with Crippen LogP contribution in [0.1, 0.15) is 22.4 Å². The first kappa shape index (κ1) is 25.1. The number of pyridine rings is 1. The molecular formula is C28H20Cl2F3N3O. The van der Waals surface area contributed by atoms with Gasteiger partial charge >= 0.3 is 6.18 Å². The van der Waals surface area contributed by atoms with E-state index in [1.165, 1.54) is 11.6 Å². The molecule has 3 aromatic carbocycles. The number of aryl methyl sites for hydroxylation is 2. The highest BCUT2D eigenvalue weighted by molar-refractivity contribution is 6.31. The molecule has 0 amide bonds. The molecule has 2 heterocycles. The van der Waals surface area contributed by atoms with E-state index in [0.717, 1.165) is 17.2 Å². The van der Waals surface area contributed by atoms with Crippen molar-refractivity contribution in [2.45, 2.75) is 26.6 Å². The highest BCUT2D eigenvalue weighted by Crippen LogP contribution is 2.39. The van der Waals surface area contributed by atoms with Gasteiger partial charge in [-0.1, -0.05) is 41.4 Å². The molecule has 2 aromatic heterocycles. The second-order valence-corrected chi connectivity index (χ2v) is 9.47. The Morgan fingerprint density at radius 3 is 2.24 bits per heavy atom. The lowest BCUT2D eigenvalue weighted by Crippen LogP contribution is -2.08. The Hall–Kier alpha value is -3.55. The van der Waals surface area contributed by atoms with Gasteiger partial charge in [0.2, 0.25) is 0 Å². The van der Waals surface area contributed by atoms with Crippen molar-refractivity contribution < 1.29 is 17.9 Å². The number of alkyl halides is 3. The molecule has 37 heavy (non-hydrogen) atoms. The van der Waals surface area contributed by atoms with Crippen LogP contribution >= 0.6 is 23.2 Å². The predicted molar refractivity (Wildman–Crippen MR) is 140 cm³/mol. The van der Waals surface area contributed by atoms with Crippen LogP contribution in [0.4, 0.5) is 13.2 Å². The molecule has 0 aliphatic rings. The van der Waals surface area contributed by atoms with Crippen molar-refractivity contribution in [1.29, 1.82) is 0 Å². The molecule has 0 atom stereocenters. The molecule has 0 fully saturated rings. The van der Waals surface area contributed by atoms with E-state index < -0.39 is 11.7 Å². The fourth-order valence-corrected chi connectivity index (χ4v) is 4.32. The molecule has 188 valence electrons. The van der Waals surface area contributed by atoms with Crippen molar-refractivity contribution >= 4 is 34.2 Å². The first-order valence-electron chi connectivity index (χ1n) is 11.3. The quantitative estimate of drug-likeness (QED) is 0.223. The molecule has 0 spiro atoms. The lowest BCUT2D eigenvalue weighted by atomic mass is 10.0. The van der Waals surface area contributed by atoms with E-state index in [4.69, 9.17) is 27.9 Å². The van der Waals surface area contributed by atoms with Crippen molar-refractivity contribution in [2.75, 3.05) is 0 Å². The third-order valence-electron chi connectivity index (χ3n) is 5.99. The standard InChI is InChI=1S/C28H20Cl2F3N3O/c1-16-3-10-21(13-24(16)30)36-27-26(17(2)35-36)23(28(31,32)33)14-25(34-27)19-6-11-22(12-7-19)37-15-18-4-8-20(29)9-5-18/h3-14H,15H2,1-2H3. The van der Waals surface area contributed by atoms with E-state index >= 15 is 0 Å². The second kappa shape index (κ2) is 9.72. The molecule has 5 aromatic rings. The summed E-state index contributed by atoms with van der Waals surface area (Å²) >= 11 is 12.2. The summed E-state index contributed by atoms with van der Waals surface area (Å²) in [5.74, 6) is 0.575. The molecule has 0 unspecified atom stereocenters. The fraction of sp³-hybridized carbons (Fsp3) is 0.143. The van der Waals surface area contributed by atoms with Crippen LogP contribution in [0.3, 0.4) is 0 Å². The zero-order valence-corrected chi connectivity index (χ0v) is 21.3. The number of hydrogen-bond donors (Lipinski definition) is 0. The van der Waals surface area contributed by atoms with Crippen molar-refractivity contribution in [3.63, 3.8) is 0 Å². The summed E-state index contributed by atoms with van der Waals surface area (Å²) < 4.78 is 49.7. The smallest absolute Gasteiger partial charge is 0.417 e. The minimum Gasteiger partial charge on any atom is -0.489 e. The summed E-state index contributed by atoms with van der Waals surface area (Å²) in [5.41, 5.74) is 2.53. The predicted octanol–water partition coefficient (Wildman–Crippen LogP) is 8.61. The molecule has 0 N–H and O–H groups in total. The number of ether oxygens (including phenoxy) is 1. The van der Waals surface area contributed by atoms with E-state index in [2.05, 4.69) is 10.1 Å². The molecule has 0 saturated carbocycles. The Morgan fingerprint density at radius 1 is 0.892 bits per heavy atom. The first-order valence-corrected chi connectivity index (χ1v) is 12.1. The lowest BCUT2D eigenvalue weighted by molar-refractivity contribution is -0.136. The van der Waals surface area contributed by atoms with Crippen LogP contribution in [0.5, 0.6) is 5.75 Å². The second-order valence-electron chi connectivity index (χ2n) is 8.62. The number of hydrogen-bond acceptors (Lipinski definition) is 3. The average Bonchev–Trinajstić information content (AvgIpc) is 3.21. The van der Waals surface area contributed by atoms with Crippen LogP contribution in [0.2, 0.25) is 10.0 Å². The van der Waals surface area contributed by atoms with Gasteiger partial charge in [-0.25, -0.2) is 9.67 Å². The Balaban J connectivity index is 1.54. The Labute approximate surface area is 221 Å².